The number of hydrogen-bond acceptors (Lipinski definition) is 6. The summed E-state index contributed by atoms with van der Waals surface area (Å²) in [5, 5.41) is 0. The summed E-state index contributed by atoms with van der Waals surface area (Å²) < 4.78 is 30.9. The van der Waals surface area contributed by atoms with E-state index >= 15 is 0 Å². The van der Waals surface area contributed by atoms with Crippen molar-refractivity contribution in [2.45, 2.75) is 17.1 Å². The van der Waals surface area contributed by atoms with Gasteiger partial charge in [-0.05, 0) is 12.8 Å². The molecule has 2 rings (SSSR count). The van der Waals surface area contributed by atoms with Gasteiger partial charge in [0.15, 0.2) is 8.68 Å². The van der Waals surface area contributed by atoms with Gasteiger partial charge in [0, 0.05) is 13.1 Å². The number of carbonyl (C=O) groups excluding carboxylic acids is 1. The highest BCUT2D eigenvalue weighted by Gasteiger charge is 2.34. The molecule has 1 atom stereocenters. The van der Waals surface area contributed by atoms with Gasteiger partial charge in [-0.15, -0.1) is 0 Å². The van der Waals surface area contributed by atoms with Crippen LogP contribution in [0.3, 0.4) is 0 Å². The molecule has 0 N–H and O–H groups in total. The number of thiazole rings is 1. The second kappa shape index (κ2) is 5.74. The minimum Gasteiger partial charge on any atom is -0.469 e. The Morgan fingerprint density at radius 1 is 1.63 bits per heavy atom. The van der Waals surface area contributed by atoms with Crippen LogP contribution in [-0.4, -0.2) is 43.9 Å². The van der Waals surface area contributed by atoms with Gasteiger partial charge in [-0.3, -0.25) is 4.79 Å². The lowest BCUT2D eigenvalue weighted by molar-refractivity contribution is -0.146. The van der Waals surface area contributed by atoms with E-state index in [0.29, 0.717) is 19.4 Å². The van der Waals surface area contributed by atoms with E-state index in [9.17, 15) is 13.2 Å². The Morgan fingerprint density at radius 3 is 2.95 bits per heavy atom. The molecule has 1 aliphatic rings. The molecule has 9 heteroatoms. The molecule has 0 aromatic carbocycles. The number of rotatable bonds is 3. The third kappa shape index (κ3) is 3.07. The lowest BCUT2D eigenvalue weighted by Crippen LogP contribution is -2.42. The van der Waals surface area contributed by atoms with Crippen LogP contribution in [0.5, 0.6) is 0 Å². The van der Waals surface area contributed by atoms with Crippen LogP contribution in [-0.2, 0) is 19.6 Å². The fraction of sp³-hybridized carbons (Fsp3) is 0.600. The third-order valence-electron chi connectivity index (χ3n) is 2.97. The third-order valence-corrected chi connectivity index (χ3v) is 6.39. The molecule has 0 amide bonds. The fourth-order valence-electron chi connectivity index (χ4n) is 2.01. The zero-order valence-corrected chi connectivity index (χ0v) is 12.6. The van der Waals surface area contributed by atoms with Crippen molar-refractivity contribution in [2.24, 2.45) is 5.92 Å². The van der Waals surface area contributed by atoms with Gasteiger partial charge in [0.25, 0.3) is 10.0 Å². The molecule has 1 aliphatic heterocycles. The van der Waals surface area contributed by atoms with Crippen molar-refractivity contribution in [1.29, 1.82) is 0 Å². The number of carbonyl (C=O) groups is 1. The van der Waals surface area contributed by atoms with Gasteiger partial charge in [-0.1, -0.05) is 22.9 Å². The van der Waals surface area contributed by atoms with E-state index in [0.717, 1.165) is 11.3 Å². The van der Waals surface area contributed by atoms with Gasteiger partial charge >= 0.3 is 5.97 Å². The first-order chi connectivity index (χ1) is 8.95. The van der Waals surface area contributed by atoms with Gasteiger partial charge in [0.2, 0.25) is 0 Å². The molecule has 1 saturated heterocycles. The Balaban J connectivity index is 2.19. The smallest absolute Gasteiger partial charge is 0.309 e. The van der Waals surface area contributed by atoms with Crippen molar-refractivity contribution >= 4 is 38.9 Å². The van der Waals surface area contributed by atoms with Crippen molar-refractivity contribution in [2.75, 3.05) is 20.2 Å². The Bertz CT molecular complexity index is 572. The molecule has 0 radical (unpaired) electrons. The van der Waals surface area contributed by atoms with Crippen molar-refractivity contribution in [1.82, 2.24) is 9.29 Å². The van der Waals surface area contributed by atoms with Gasteiger partial charge in [-0.25, -0.2) is 13.4 Å². The molecule has 1 fully saturated rings. The number of methoxy groups -OCH3 is 1. The van der Waals surface area contributed by atoms with Crippen molar-refractivity contribution in [3.63, 3.8) is 0 Å². The maximum Gasteiger partial charge on any atom is 0.309 e. The molecular formula is C10H13ClN2O4S2. The summed E-state index contributed by atoms with van der Waals surface area (Å²) in [7, 11) is -2.31. The predicted molar refractivity (Wildman–Crippen MR) is 70.6 cm³/mol. The molecule has 106 valence electrons. The van der Waals surface area contributed by atoms with E-state index in [1.165, 1.54) is 17.6 Å². The van der Waals surface area contributed by atoms with E-state index in [4.69, 9.17) is 11.6 Å². The minimum absolute atomic E-state index is 0.100. The van der Waals surface area contributed by atoms with Crippen LogP contribution in [0.4, 0.5) is 0 Å². The van der Waals surface area contributed by atoms with Gasteiger partial charge < -0.3 is 4.74 Å². The Morgan fingerprint density at radius 2 is 2.37 bits per heavy atom. The highest BCUT2D eigenvalue weighted by Crippen LogP contribution is 2.29. The lowest BCUT2D eigenvalue weighted by Gasteiger charge is -2.29. The lowest BCUT2D eigenvalue weighted by atomic mass is 10.0. The van der Waals surface area contributed by atoms with E-state index in [-0.39, 0.29) is 21.2 Å². The van der Waals surface area contributed by atoms with Gasteiger partial charge in [-0.2, -0.15) is 4.31 Å². The average Bonchev–Trinajstić information content (AvgIpc) is 2.85. The Labute approximate surface area is 120 Å². The second-order valence-corrected chi connectivity index (χ2v) is 7.94. The molecule has 1 aromatic rings. The standard InChI is InChI=1S/C10H13ClN2O4S2/c1-17-9(14)7-3-2-4-13(6-7)19(15,16)8-5-12-10(11)18-8/h5,7H,2-4,6H2,1H3. The molecule has 0 bridgehead atoms. The number of hydrogen-bond donors (Lipinski definition) is 0. The number of aromatic nitrogens is 1. The first kappa shape index (κ1) is 14.7. The summed E-state index contributed by atoms with van der Waals surface area (Å²) in [6.45, 7) is 0.538. The number of piperidine rings is 1. The summed E-state index contributed by atoms with van der Waals surface area (Å²) in [6, 6.07) is 0. The van der Waals surface area contributed by atoms with Crippen LogP contribution in [0.25, 0.3) is 0 Å². The fourth-order valence-corrected chi connectivity index (χ4v) is 4.98. The van der Waals surface area contributed by atoms with E-state index in [2.05, 4.69) is 9.72 Å². The molecule has 1 unspecified atom stereocenters. The topological polar surface area (TPSA) is 76.6 Å². The second-order valence-electron chi connectivity index (χ2n) is 4.16. The van der Waals surface area contributed by atoms with E-state index < -0.39 is 15.9 Å². The summed E-state index contributed by atoms with van der Waals surface area (Å²) in [4.78, 5) is 15.2. The maximum atomic E-state index is 12.3. The quantitative estimate of drug-likeness (QED) is 0.785. The Hall–Kier alpha value is -0.700. The Kier molecular flexibility index (Phi) is 4.44. The molecule has 1 aromatic heterocycles. The molecule has 19 heavy (non-hydrogen) atoms. The number of esters is 1. The van der Waals surface area contributed by atoms with Crippen LogP contribution < -0.4 is 0 Å². The van der Waals surface area contributed by atoms with Crippen molar-refractivity contribution in [3.05, 3.63) is 10.7 Å². The van der Waals surface area contributed by atoms with Crippen LogP contribution in [0.2, 0.25) is 4.47 Å². The monoisotopic (exact) mass is 324 g/mol. The normalized spacial score (nSPS) is 21.3. The first-order valence-corrected chi connectivity index (χ1v) is 8.28. The SMILES string of the molecule is COC(=O)C1CCCN(S(=O)(=O)c2cnc(Cl)s2)C1. The van der Waals surface area contributed by atoms with Crippen molar-refractivity contribution < 1.29 is 17.9 Å². The largest absolute Gasteiger partial charge is 0.469 e. The highest BCUT2D eigenvalue weighted by atomic mass is 35.5. The molecule has 0 saturated carbocycles. The van der Waals surface area contributed by atoms with Crippen molar-refractivity contribution in [3.8, 4) is 0 Å². The van der Waals surface area contributed by atoms with Crippen LogP contribution in [0.1, 0.15) is 12.8 Å². The van der Waals surface area contributed by atoms with Crippen LogP contribution in [0, 0.1) is 5.92 Å². The summed E-state index contributed by atoms with van der Waals surface area (Å²) in [5.41, 5.74) is 0. The first-order valence-electron chi connectivity index (χ1n) is 5.64. The summed E-state index contributed by atoms with van der Waals surface area (Å²) in [5.74, 6) is -0.779. The van der Waals surface area contributed by atoms with Gasteiger partial charge in [0.05, 0.1) is 19.2 Å². The molecule has 0 spiro atoms. The number of sulfonamides is 1. The zero-order chi connectivity index (χ0) is 14.0. The minimum atomic E-state index is -3.62. The number of nitrogens with zero attached hydrogens (tertiary/aromatic N) is 2. The number of ether oxygens (including phenoxy) is 1. The zero-order valence-electron chi connectivity index (χ0n) is 10.2. The summed E-state index contributed by atoms with van der Waals surface area (Å²) >= 11 is 6.57. The molecule has 6 nitrogen and oxygen atoms in total. The number of halogens is 1. The molecule has 0 aliphatic carbocycles. The van der Waals surface area contributed by atoms with Crippen LogP contribution >= 0.6 is 22.9 Å². The van der Waals surface area contributed by atoms with E-state index in [1.807, 2.05) is 0 Å². The average molecular weight is 325 g/mol. The highest BCUT2D eigenvalue weighted by molar-refractivity contribution is 7.91. The van der Waals surface area contributed by atoms with E-state index in [1.54, 1.807) is 0 Å². The molecule has 2 heterocycles. The predicted octanol–water partition coefficient (Wildman–Crippen LogP) is 1.37. The van der Waals surface area contributed by atoms with Gasteiger partial charge in [0.1, 0.15) is 0 Å². The summed E-state index contributed by atoms with van der Waals surface area (Å²) in [6.07, 6.45) is 2.51. The molecular weight excluding hydrogens is 312 g/mol. The maximum absolute atomic E-state index is 12.3. The van der Waals surface area contributed by atoms with Crippen LogP contribution in [0.15, 0.2) is 10.4 Å².